The number of likely N-dealkylation sites (tertiary alicyclic amines) is 1. The quantitative estimate of drug-likeness (QED) is 0.326. The van der Waals surface area contributed by atoms with Crippen molar-refractivity contribution >= 4 is 17.4 Å². The van der Waals surface area contributed by atoms with Crippen molar-refractivity contribution in [2.45, 2.75) is 12.6 Å². The molecule has 1 aliphatic heterocycles. The predicted molar refractivity (Wildman–Crippen MR) is 125 cm³/mol. The molecular formula is C26H24N2O6. The topological polar surface area (TPSA) is 98.2 Å². The minimum atomic E-state index is -0.834. The first kappa shape index (κ1) is 22.8. The molecule has 3 aromatic rings. The van der Waals surface area contributed by atoms with Crippen LogP contribution in [0.15, 0.2) is 72.6 Å². The molecule has 1 fully saturated rings. The van der Waals surface area contributed by atoms with Gasteiger partial charge in [-0.3, -0.25) is 14.6 Å². The number of Topliss-reactive ketones (excluding diaryl/α,β-unsaturated/α-hetero) is 1. The zero-order chi connectivity index (χ0) is 24.2. The molecule has 8 heteroatoms. The van der Waals surface area contributed by atoms with Gasteiger partial charge in [-0.25, -0.2) is 0 Å². The zero-order valence-electron chi connectivity index (χ0n) is 19.0. The number of aliphatic hydroxyl groups excluding tert-OH is 1. The number of aliphatic hydroxyl groups is 1. The number of benzene rings is 2. The molecule has 0 radical (unpaired) electrons. The second-order valence-corrected chi connectivity index (χ2v) is 7.59. The van der Waals surface area contributed by atoms with Gasteiger partial charge in [0.15, 0.2) is 0 Å². The van der Waals surface area contributed by atoms with Crippen LogP contribution >= 0.6 is 0 Å². The molecule has 0 aliphatic carbocycles. The van der Waals surface area contributed by atoms with E-state index in [-0.39, 0.29) is 23.4 Å². The minimum absolute atomic E-state index is 0.0328. The van der Waals surface area contributed by atoms with E-state index in [0.717, 1.165) is 5.56 Å². The number of hydrogen-bond donors (Lipinski definition) is 1. The molecule has 0 bridgehead atoms. The Morgan fingerprint density at radius 3 is 2.32 bits per heavy atom. The SMILES string of the molecule is COc1ccc(/C(O)=C2/C(=O)C(=O)N(Cc3ccccc3OC)C2c2ccncc2)c(OC)c1. The molecule has 1 atom stereocenters. The van der Waals surface area contributed by atoms with Crippen molar-refractivity contribution in [3.8, 4) is 17.2 Å². The number of aromatic nitrogens is 1. The van der Waals surface area contributed by atoms with Gasteiger partial charge in [-0.05, 0) is 35.9 Å². The van der Waals surface area contributed by atoms with Crippen molar-refractivity contribution in [3.63, 3.8) is 0 Å². The van der Waals surface area contributed by atoms with Gasteiger partial charge in [0.25, 0.3) is 11.7 Å². The Morgan fingerprint density at radius 2 is 1.65 bits per heavy atom. The summed E-state index contributed by atoms with van der Waals surface area (Å²) in [5, 5.41) is 11.3. The Morgan fingerprint density at radius 1 is 0.941 bits per heavy atom. The molecule has 1 unspecified atom stereocenters. The molecule has 1 amide bonds. The first-order chi connectivity index (χ1) is 16.5. The normalized spacial score (nSPS) is 17.0. The van der Waals surface area contributed by atoms with Crippen LogP contribution in [-0.2, 0) is 16.1 Å². The fourth-order valence-corrected chi connectivity index (χ4v) is 4.09. The van der Waals surface area contributed by atoms with E-state index in [1.807, 2.05) is 18.2 Å². The van der Waals surface area contributed by atoms with Crippen LogP contribution in [-0.4, -0.2) is 48.0 Å². The highest BCUT2D eigenvalue weighted by Crippen LogP contribution is 2.42. The predicted octanol–water partition coefficient (Wildman–Crippen LogP) is 3.73. The van der Waals surface area contributed by atoms with Crippen molar-refractivity contribution < 1.29 is 28.9 Å². The summed E-state index contributed by atoms with van der Waals surface area (Å²) in [6.45, 7) is 0.109. The van der Waals surface area contributed by atoms with Crippen molar-refractivity contribution in [2.75, 3.05) is 21.3 Å². The average Bonchev–Trinajstić information content (AvgIpc) is 3.13. The van der Waals surface area contributed by atoms with Gasteiger partial charge in [0.05, 0.1) is 45.1 Å². The number of methoxy groups -OCH3 is 3. The highest BCUT2D eigenvalue weighted by Gasteiger charge is 2.46. The van der Waals surface area contributed by atoms with E-state index in [0.29, 0.717) is 22.8 Å². The Bertz CT molecular complexity index is 1260. The summed E-state index contributed by atoms with van der Waals surface area (Å²) in [6, 6.07) is 14.7. The van der Waals surface area contributed by atoms with E-state index in [9.17, 15) is 14.7 Å². The van der Waals surface area contributed by atoms with E-state index < -0.39 is 17.7 Å². The molecule has 4 rings (SSSR count). The number of amides is 1. The van der Waals surface area contributed by atoms with Gasteiger partial charge in [0, 0.05) is 24.0 Å². The monoisotopic (exact) mass is 460 g/mol. The zero-order valence-corrected chi connectivity index (χ0v) is 19.0. The molecule has 0 saturated carbocycles. The molecule has 1 aromatic heterocycles. The van der Waals surface area contributed by atoms with E-state index in [4.69, 9.17) is 14.2 Å². The van der Waals surface area contributed by atoms with Gasteiger partial charge in [-0.1, -0.05) is 18.2 Å². The van der Waals surface area contributed by atoms with Crippen molar-refractivity contribution in [2.24, 2.45) is 0 Å². The number of hydrogen-bond acceptors (Lipinski definition) is 7. The lowest BCUT2D eigenvalue weighted by atomic mass is 9.95. The number of para-hydroxylation sites is 1. The lowest BCUT2D eigenvalue weighted by Gasteiger charge is -2.26. The van der Waals surface area contributed by atoms with E-state index in [1.54, 1.807) is 55.9 Å². The van der Waals surface area contributed by atoms with Crippen molar-refractivity contribution in [3.05, 3.63) is 89.3 Å². The van der Waals surface area contributed by atoms with Crippen LogP contribution in [0.3, 0.4) is 0 Å². The average molecular weight is 460 g/mol. The molecule has 34 heavy (non-hydrogen) atoms. The standard InChI is InChI=1S/C26H24N2O6/c1-32-18-8-9-19(21(14-18)34-3)24(29)22-23(16-10-12-27-13-11-16)28(26(31)25(22)30)15-17-6-4-5-7-20(17)33-2/h4-14,23,29H,15H2,1-3H3/b24-22-. The maximum absolute atomic E-state index is 13.3. The maximum atomic E-state index is 13.3. The second-order valence-electron chi connectivity index (χ2n) is 7.59. The van der Waals surface area contributed by atoms with Crippen LogP contribution in [0.25, 0.3) is 5.76 Å². The number of carbonyl (C=O) groups is 2. The first-order valence-electron chi connectivity index (χ1n) is 10.5. The fraction of sp³-hybridized carbons (Fsp3) is 0.192. The van der Waals surface area contributed by atoms with Crippen LogP contribution in [0.4, 0.5) is 0 Å². The Balaban J connectivity index is 1.88. The van der Waals surface area contributed by atoms with Gasteiger partial charge < -0.3 is 24.2 Å². The van der Waals surface area contributed by atoms with Gasteiger partial charge in [-0.15, -0.1) is 0 Å². The number of rotatable bonds is 7. The lowest BCUT2D eigenvalue weighted by molar-refractivity contribution is -0.140. The largest absolute Gasteiger partial charge is 0.507 e. The third-order valence-electron chi connectivity index (χ3n) is 5.76. The molecule has 174 valence electrons. The third kappa shape index (κ3) is 4.05. The highest BCUT2D eigenvalue weighted by molar-refractivity contribution is 6.46. The van der Waals surface area contributed by atoms with Gasteiger partial charge in [0.1, 0.15) is 23.0 Å². The number of nitrogens with zero attached hydrogens (tertiary/aromatic N) is 2. The molecule has 1 N–H and O–H groups in total. The van der Waals surface area contributed by atoms with E-state index >= 15 is 0 Å². The fourth-order valence-electron chi connectivity index (χ4n) is 4.09. The number of carbonyl (C=O) groups excluding carboxylic acids is 2. The van der Waals surface area contributed by atoms with Gasteiger partial charge >= 0.3 is 0 Å². The van der Waals surface area contributed by atoms with Crippen molar-refractivity contribution in [1.82, 2.24) is 9.88 Å². The summed E-state index contributed by atoms with van der Waals surface area (Å²) in [4.78, 5) is 32.0. The first-order valence-corrected chi connectivity index (χ1v) is 10.5. The second kappa shape index (κ2) is 9.66. The van der Waals surface area contributed by atoms with Crippen LogP contribution in [0.2, 0.25) is 0 Å². The summed E-state index contributed by atoms with van der Waals surface area (Å²) >= 11 is 0. The van der Waals surface area contributed by atoms with Crippen LogP contribution in [0.5, 0.6) is 17.2 Å². The minimum Gasteiger partial charge on any atom is -0.507 e. The van der Waals surface area contributed by atoms with Crippen LogP contribution in [0.1, 0.15) is 22.7 Å². The Labute approximate surface area is 197 Å². The Hall–Kier alpha value is -4.33. The smallest absolute Gasteiger partial charge is 0.295 e. The molecule has 0 spiro atoms. The van der Waals surface area contributed by atoms with Crippen LogP contribution < -0.4 is 14.2 Å². The molecule has 1 saturated heterocycles. The van der Waals surface area contributed by atoms with Gasteiger partial charge in [-0.2, -0.15) is 0 Å². The van der Waals surface area contributed by atoms with E-state index in [1.165, 1.54) is 19.1 Å². The number of ketones is 1. The maximum Gasteiger partial charge on any atom is 0.295 e. The lowest BCUT2D eigenvalue weighted by Crippen LogP contribution is -2.29. The number of ether oxygens (including phenoxy) is 3. The third-order valence-corrected chi connectivity index (χ3v) is 5.76. The molecule has 8 nitrogen and oxygen atoms in total. The summed E-state index contributed by atoms with van der Waals surface area (Å²) in [5.74, 6) is -0.414. The Kier molecular flexibility index (Phi) is 6.49. The van der Waals surface area contributed by atoms with E-state index in [2.05, 4.69) is 4.98 Å². The van der Waals surface area contributed by atoms with Gasteiger partial charge in [0.2, 0.25) is 0 Å². The van der Waals surface area contributed by atoms with Crippen molar-refractivity contribution in [1.29, 1.82) is 0 Å². The molecule has 2 aromatic carbocycles. The molecular weight excluding hydrogens is 436 g/mol. The number of pyridine rings is 1. The molecule has 2 heterocycles. The van der Waals surface area contributed by atoms with Crippen LogP contribution in [0, 0.1) is 0 Å². The summed E-state index contributed by atoms with van der Waals surface area (Å²) < 4.78 is 16.1. The summed E-state index contributed by atoms with van der Waals surface area (Å²) in [5.41, 5.74) is 1.61. The summed E-state index contributed by atoms with van der Waals surface area (Å²) in [7, 11) is 4.51. The summed E-state index contributed by atoms with van der Waals surface area (Å²) in [6.07, 6.45) is 3.15. The highest BCUT2D eigenvalue weighted by atomic mass is 16.5. The molecule has 1 aliphatic rings.